The molecule has 1 aromatic heterocycles. The van der Waals surface area contributed by atoms with E-state index >= 15 is 0 Å². The average molecular weight is 298 g/mol. The first-order valence-corrected chi connectivity index (χ1v) is 6.53. The van der Waals surface area contributed by atoms with Crippen LogP contribution in [0.1, 0.15) is 19.8 Å². The number of aromatic nitrogens is 1. The molecule has 17 heavy (non-hydrogen) atoms. The lowest BCUT2D eigenvalue weighted by Crippen LogP contribution is -2.42. The monoisotopic (exact) mass is 297 g/mol. The number of amides is 1. The number of pyridine rings is 1. The zero-order valence-corrected chi connectivity index (χ0v) is 11.4. The summed E-state index contributed by atoms with van der Waals surface area (Å²) in [6.07, 6.45) is 3.42. The number of piperidine rings is 1. The standard InChI is InChI=1S/C12H16BrN3O/c1-12(4-6-14-7-5-12)11(17)16-10-3-2-9(13)8-15-10/h2-3,8,14H,4-7H2,1H3,(H,15,16,17). The molecule has 0 aromatic carbocycles. The summed E-state index contributed by atoms with van der Waals surface area (Å²) in [7, 11) is 0. The Kier molecular flexibility index (Phi) is 3.79. The van der Waals surface area contributed by atoms with E-state index in [1.165, 1.54) is 0 Å². The van der Waals surface area contributed by atoms with Gasteiger partial charge < -0.3 is 10.6 Å². The molecule has 0 spiro atoms. The maximum absolute atomic E-state index is 12.2. The predicted molar refractivity (Wildman–Crippen MR) is 70.8 cm³/mol. The summed E-state index contributed by atoms with van der Waals surface area (Å²) in [5.41, 5.74) is -0.278. The summed E-state index contributed by atoms with van der Waals surface area (Å²) < 4.78 is 0.906. The van der Waals surface area contributed by atoms with E-state index in [4.69, 9.17) is 0 Å². The molecule has 1 amide bonds. The number of nitrogens with one attached hydrogen (secondary N) is 2. The molecule has 0 bridgehead atoms. The van der Waals surface area contributed by atoms with E-state index in [9.17, 15) is 4.79 Å². The van der Waals surface area contributed by atoms with Crippen LogP contribution in [0.4, 0.5) is 5.82 Å². The molecular weight excluding hydrogens is 282 g/mol. The van der Waals surface area contributed by atoms with Gasteiger partial charge >= 0.3 is 0 Å². The van der Waals surface area contributed by atoms with Gasteiger partial charge in [0.2, 0.25) is 5.91 Å². The molecule has 0 atom stereocenters. The van der Waals surface area contributed by atoms with Crippen LogP contribution in [0.2, 0.25) is 0 Å². The summed E-state index contributed by atoms with van der Waals surface area (Å²) in [6.45, 7) is 3.82. The second-order valence-electron chi connectivity index (χ2n) is 4.63. The Labute approximate surface area is 109 Å². The number of halogens is 1. The maximum atomic E-state index is 12.2. The van der Waals surface area contributed by atoms with Gasteiger partial charge in [-0.05, 0) is 54.0 Å². The van der Waals surface area contributed by atoms with E-state index in [0.717, 1.165) is 30.4 Å². The lowest BCUT2D eigenvalue weighted by atomic mass is 9.80. The smallest absolute Gasteiger partial charge is 0.231 e. The van der Waals surface area contributed by atoms with Crippen LogP contribution in [0.3, 0.4) is 0 Å². The van der Waals surface area contributed by atoms with Crippen molar-refractivity contribution < 1.29 is 4.79 Å². The Morgan fingerprint density at radius 1 is 1.47 bits per heavy atom. The molecule has 0 radical (unpaired) electrons. The van der Waals surface area contributed by atoms with Gasteiger partial charge in [0.25, 0.3) is 0 Å². The van der Waals surface area contributed by atoms with Crippen molar-refractivity contribution in [2.75, 3.05) is 18.4 Å². The summed E-state index contributed by atoms with van der Waals surface area (Å²) >= 11 is 3.32. The van der Waals surface area contributed by atoms with Gasteiger partial charge in [-0.3, -0.25) is 4.79 Å². The van der Waals surface area contributed by atoms with E-state index in [1.54, 1.807) is 12.3 Å². The Morgan fingerprint density at radius 3 is 2.76 bits per heavy atom. The van der Waals surface area contributed by atoms with Crippen LogP contribution in [-0.2, 0) is 4.79 Å². The molecule has 2 heterocycles. The molecule has 1 aromatic rings. The minimum atomic E-state index is -0.278. The third-order valence-corrected chi connectivity index (χ3v) is 3.69. The highest BCUT2D eigenvalue weighted by Crippen LogP contribution is 2.29. The minimum Gasteiger partial charge on any atom is -0.317 e. The number of hydrogen-bond acceptors (Lipinski definition) is 3. The Hall–Kier alpha value is -0.940. The van der Waals surface area contributed by atoms with E-state index in [0.29, 0.717) is 5.82 Å². The highest BCUT2D eigenvalue weighted by molar-refractivity contribution is 9.10. The van der Waals surface area contributed by atoms with Crippen molar-refractivity contribution in [3.05, 3.63) is 22.8 Å². The zero-order chi connectivity index (χ0) is 12.3. The van der Waals surface area contributed by atoms with Crippen LogP contribution in [0.5, 0.6) is 0 Å². The lowest BCUT2D eigenvalue weighted by Gasteiger charge is -2.32. The van der Waals surface area contributed by atoms with Gasteiger partial charge in [0.15, 0.2) is 0 Å². The molecule has 1 aliphatic rings. The first-order valence-electron chi connectivity index (χ1n) is 5.74. The van der Waals surface area contributed by atoms with Crippen LogP contribution >= 0.6 is 15.9 Å². The molecule has 5 heteroatoms. The van der Waals surface area contributed by atoms with Gasteiger partial charge in [0.05, 0.1) is 0 Å². The van der Waals surface area contributed by atoms with Crippen molar-refractivity contribution >= 4 is 27.7 Å². The maximum Gasteiger partial charge on any atom is 0.231 e. The highest BCUT2D eigenvalue weighted by atomic mass is 79.9. The van der Waals surface area contributed by atoms with Gasteiger partial charge in [-0.15, -0.1) is 0 Å². The van der Waals surface area contributed by atoms with Crippen molar-refractivity contribution in [2.45, 2.75) is 19.8 Å². The van der Waals surface area contributed by atoms with Gasteiger partial charge in [0, 0.05) is 16.1 Å². The van der Waals surface area contributed by atoms with Crippen LogP contribution in [0.25, 0.3) is 0 Å². The second kappa shape index (κ2) is 5.14. The van der Waals surface area contributed by atoms with E-state index in [2.05, 4.69) is 31.5 Å². The minimum absolute atomic E-state index is 0.0637. The number of carbonyl (C=O) groups is 1. The molecular formula is C12H16BrN3O. The highest BCUT2D eigenvalue weighted by Gasteiger charge is 2.34. The third-order valence-electron chi connectivity index (χ3n) is 3.22. The van der Waals surface area contributed by atoms with Gasteiger partial charge in [-0.25, -0.2) is 4.98 Å². The predicted octanol–water partition coefficient (Wildman–Crippen LogP) is 2.17. The van der Waals surface area contributed by atoms with E-state index in [-0.39, 0.29) is 11.3 Å². The third kappa shape index (κ3) is 3.04. The lowest BCUT2D eigenvalue weighted by molar-refractivity contribution is -0.126. The van der Waals surface area contributed by atoms with Gasteiger partial charge in [-0.1, -0.05) is 6.92 Å². The quantitative estimate of drug-likeness (QED) is 0.880. The topological polar surface area (TPSA) is 54.0 Å². The molecule has 1 aliphatic heterocycles. The zero-order valence-electron chi connectivity index (χ0n) is 9.79. The Balaban J connectivity index is 2.03. The first-order chi connectivity index (χ1) is 8.10. The molecule has 0 aliphatic carbocycles. The molecule has 4 nitrogen and oxygen atoms in total. The number of hydrogen-bond donors (Lipinski definition) is 2. The van der Waals surface area contributed by atoms with Crippen molar-refractivity contribution in [3.8, 4) is 0 Å². The summed E-state index contributed by atoms with van der Waals surface area (Å²) in [5.74, 6) is 0.673. The van der Waals surface area contributed by atoms with Crippen molar-refractivity contribution in [2.24, 2.45) is 5.41 Å². The van der Waals surface area contributed by atoms with Crippen LogP contribution in [0.15, 0.2) is 22.8 Å². The SMILES string of the molecule is CC1(C(=O)Nc2ccc(Br)cn2)CCNCC1. The fraction of sp³-hybridized carbons (Fsp3) is 0.500. The normalized spacial score (nSPS) is 18.7. The van der Waals surface area contributed by atoms with E-state index < -0.39 is 0 Å². The first kappa shape index (κ1) is 12.5. The summed E-state index contributed by atoms with van der Waals surface area (Å²) in [5, 5.41) is 6.14. The molecule has 92 valence electrons. The fourth-order valence-electron chi connectivity index (χ4n) is 1.92. The number of carbonyl (C=O) groups excluding carboxylic acids is 1. The fourth-order valence-corrected chi connectivity index (χ4v) is 2.16. The van der Waals surface area contributed by atoms with Crippen molar-refractivity contribution in [3.63, 3.8) is 0 Å². The second-order valence-corrected chi connectivity index (χ2v) is 5.54. The van der Waals surface area contributed by atoms with Gasteiger partial charge in [0.1, 0.15) is 5.82 Å². The molecule has 1 fully saturated rings. The number of nitrogens with zero attached hydrogens (tertiary/aromatic N) is 1. The molecule has 2 N–H and O–H groups in total. The van der Waals surface area contributed by atoms with Crippen LogP contribution < -0.4 is 10.6 Å². The van der Waals surface area contributed by atoms with Crippen LogP contribution in [-0.4, -0.2) is 24.0 Å². The van der Waals surface area contributed by atoms with E-state index in [1.807, 2.05) is 13.0 Å². The molecule has 1 saturated heterocycles. The average Bonchev–Trinajstić information content (AvgIpc) is 2.33. The largest absolute Gasteiger partial charge is 0.317 e. The van der Waals surface area contributed by atoms with Crippen LogP contribution in [0, 0.1) is 5.41 Å². The number of rotatable bonds is 2. The Morgan fingerprint density at radius 2 is 2.18 bits per heavy atom. The summed E-state index contributed by atoms with van der Waals surface area (Å²) in [4.78, 5) is 16.3. The molecule has 2 rings (SSSR count). The number of anilines is 1. The van der Waals surface area contributed by atoms with Crippen molar-refractivity contribution in [1.29, 1.82) is 0 Å². The van der Waals surface area contributed by atoms with Crippen molar-refractivity contribution in [1.82, 2.24) is 10.3 Å². The summed E-state index contributed by atoms with van der Waals surface area (Å²) in [6, 6.07) is 3.67. The molecule has 0 saturated carbocycles. The molecule has 0 unspecified atom stereocenters. The van der Waals surface area contributed by atoms with Gasteiger partial charge in [-0.2, -0.15) is 0 Å². The Bertz CT molecular complexity index is 399.